The van der Waals surface area contributed by atoms with E-state index in [9.17, 15) is 4.79 Å². The highest BCUT2D eigenvalue weighted by Gasteiger charge is 2.33. The summed E-state index contributed by atoms with van der Waals surface area (Å²) in [6.07, 6.45) is 5.48. The standard InChI is InChI=1S/C21H24N4O4S/c1-4-28-21(26)16-12-30-20(24-16)15-8-18(27-3)22-10-17(15)29-11-14-6-5-7-25-13(2)9-23-19(14)25/h5-10,16,20,24H,4,11-12H2,1-3H3. The summed E-state index contributed by atoms with van der Waals surface area (Å²) < 4.78 is 18.6. The zero-order valence-electron chi connectivity index (χ0n) is 17.1. The van der Waals surface area contributed by atoms with Crippen LogP contribution < -0.4 is 14.8 Å². The van der Waals surface area contributed by atoms with Crippen molar-refractivity contribution in [2.24, 2.45) is 0 Å². The summed E-state index contributed by atoms with van der Waals surface area (Å²) in [5.41, 5.74) is 3.79. The summed E-state index contributed by atoms with van der Waals surface area (Å²) in [6, 6.07) is 5.46. The lowest BCUT2D eigenvalue weighted by molar-refractivity contribution is -0.144. The van der Waals surface area contributed by atoms with Crippen molar-refractivity contribution in [3.63, 3.8) is 0 Å². The second kappa shape index (κ2) is 8.93. The molecule has 0 spiro atoms. The number of aromatic nitrogens is 3. The van der Waals surface area contributed by atoms with E-state index < -0.39 is 0 Å². The first kappa shape index (κ1) is 20.5. The van der Waals surface area contributed by atoms with E-state index >= 15 is 0 Å². The molecule has 4 rings (SSSR count). The molecule has 1 aliphatic rings. The number of ether oxygens (including phenoxy) is 3. The van der Waals surface area contributed by atoms with Gasteiger partial charge < -0.3 is 18.6 Å². The molecule has 158 valence electrons. The molecule has 1 aliphatic heterocycles. The summed E-state index contributed by atoms with van der Waals surface area (Å²) >= 11 is 1.63. The fourth-order valence-electron chi connectivity index (χ4n) is 3.36. The number of nitrogens with one attached hydrogen (secondary N) is 1. The van der Waals surface area contributed by atoms with E-state index in [1.807, 2.05) is 41.9 Å². The molecule has 3 aromatic rings. The Morgan fingerprint density at radius 2 is 2.23 bits per heavy atom. The van der Waals surface area contributed by atoms with Gasteiger partial charge in [-0.25, -0.2) is 9.97 Å². The highest BCUT2D eigenvalue weighted by atomic mass is 32.2. The van der Waals surface area contributed by atoms with Gasteiger partial charge in [-0.3, -0.25) is 10.1 Å². The zero-order valence-corrected chi connectivity index (χ0v) is 17.9. The van der Waals surface area contributed by atoms with Crippen LogP contribution in [0.4, 0.5) is 0 Å². The number of fused-ring (bicyclic) bond motifs is 1. The van der Waals surface area contributed by atoms with Gasteiger partial charge in [0, 0.05) is 41.0 Å². The van der Waals surface area contributed by atoms with Crippen LogP contribution in [-0.2, 0) is 16.1 Å². The smallest absolute Gasteiger partial charge is 0.324 e. The second-order valence-electron chi connectivity index (χ2n) is 6.86. The van der Waals surface area contributed by atoms with Crippen molar-refractivity contribution >= 4 is 23.4 Å². The summed E-state index contributed by atoms with van der Waals surface area (Å²) in [5, 5.41) is 3.19. The first-order chi connectivity index (χ1) is 14.6. The van der Waals surface area contributed by atoms with Crippen LogP contribution >= 0.6 is 11.8 Å². The van der Waals surface area contributed by atoms with Gasteiger partial charge in [0.15, 0.2) is 0 Å². The van der Waals surface area contributed by atoms with Crippen LogP contribution in [-0.4, -0.2) is 45.8 Å². The van der Waals surface area contributed by atoms with E-state index in [0.29, 0.717) is 30.6 Å². The van der Waals surface area contributed by atoms with Crippen LogP contribution in [0.25, 0.3) is 5.65 Å². The van der Waals surface area contributed by atoms with Crippen molar-refractivity contribution in [1.29, 1.82) is 0 Å². The number of rotatable bonds is 7. The second-order valence-corrected chi connectivity index (χ2v) is 8.00. The van der Waals surface area contributed by atoms with Gasteiger partial charge in [0.2, 0.25) is 5.88 Å². The molecule has 9 heteroatoms. The number of carbonyl (C=O) groups is 1. The van der Waals surface area contributed by atoms with Gasteiger partial charge >= 0.3 is 5.97 Å². The van der Waals surface area contributed by atoms with Gasteiger partial charge in [0.25, 0.3) is 0 Å². The van der Waals surface area contributed by atoms with Crippen molar-refractivity contribution in [1.82, 2.24) is 19.7 Å². The molecule has 4 heterocycles. The number of imidazole rings is 1. The third-order valence-electron chi connectivity index (χ3n) is 4.90. The predicted molar refractivity (Wildman–Crippen MR) is 114 cm³/mol. The van der Waals surface area contributed by atoms with Crippen LogP contribution in [0.1, 0.15) is 29.1 Å². The monoisotopic (exact) mass is 428 g/mol. The lowest BCUT2D eigenvalue weighted by Crippen LogP contribution is -2.35. The van der Waals surface area contributed by atoms with Gasteiger partial charge in [-0.2, -0.15) is 0 Å². The van der Waals surface area contributed by atoms with Crippen LogP contribution in [0.5, 0.6) is 11.6 Å². The maximum Gasteiger partial charge on any atom is 0.324 e. The van der Waals surface area contributed by atoms with Crippen molar-refractivity contribution < 1.29 is 19.0 Å². The van der Waals surface area contributed by atoms with Crippen LogP contribution in [0.15, 0.2) is 36.8 Å². The number of nitrogens with zero attached hydrogens (tertiary/aromatic N) is 3. The Labute approximate surface area is 178 Å². The lowest BCUT2D eigenvalue weighted by Gasteiger charge is -2.18. The van der Waals surface area contributed by atoms with Crippen LogP contribution in [0, 0.1) is 6.92 Å². The Morgan fingerprint density at radius 3 is 3.03 bits per heavy atom. The van der Waals surface area contributed by atoms with Gasteiger partial charge in [0.1, 0.15) is 24.0 Å². The van der Waals surface area contributed by atoms with Crippen LogP contribution in [0.3, 0.4) is 0 Å². The largest absolute Gasteiger partial charge is 0.487 e. The Morgan fingerprint density at radius 1 is 1.37 bits per heavy atom. The first-order valence-electron chi connectivity index (χ1n) is 9.73. The molecule has 0 radical (unpaired) electrons. The number of esters is 1. The quantitative estimate of drug-likeness (QED) is 0.575. The minimum atomic E-state index is -0.353. The number of pyridine rings is 2. The molecule has 0 aliphatic carbocycles. The molecule has 0 bridgehead atoms. The molecule has 1 saturated heterocycles. The topological polar surface area (TPSA) is 87.0 Å². The average Bonchev–Trinajstić information content (AvgIpc) is 3.40. The molecule has 0 aromatic carbocycles. The number of hydrogen-bond donors (Lipinski definition) is 1. The maximum atomic E-state index is 12.1. The fourth-order valence-corrected chi connectivity index (χ4v) is 4.61. The van der Waals surface area contributed by atoms with Crippen molar-refractivity contribution in [2.75, 3.05) is 19.5 Å². The third-order valence-corrected chi connectivity index (χ3v) is 6.15. The van der Waals surface area contributed by atoms with Crippen molar-refractivity contribution in [3.05, 3.63) is 53.6 Å². The Bertz CT molecular complexity index is 1050. The molecule has 1 N–H and O–H groups in total. The molecule has 3 aromatic heterocycles. The molecule has 2 unspecified atom stereocenters. The van der Waals surface area contributed by atoms with E-state index in [-0.39, 0.29) is 17.4 Å². The average molecular weight is 429 g/mol. The molecule has 0 amide bonds. The SMILES string of the molecule is CCOC(=O)C1CSC(c2cc(OC)ncc2OCc2cccn3c(C)cnc23)N1. The van der Waals surface area contributed by atoms with Gasteiger partial charge in [-0.1, -0.05) is 6.07 Å². The van der Waals surface area contributed by atoms with Crippen molar-refractivity contribution in [3.8, 4) is 11.6 Å². The molecule has 8 nitrogen and oxygen atoms in total. The molecular weight excluding hydrogens is 404 g/mol. The number of carbonyl (C=O) groups excluding carboxylic acids is 1. The van der Waals surface area contributed by atoms with Crippen LogP contribution in [0.2, 0.25) is 0 Å². The molecular formula is C21H24N4O4S. The van der Waals surface area contributed by atoms with Gasteiger partial charge in [0.05, 0.1) is 25.3 Å². The minimum Gasteiger partial charge on any atom is -0.487 e. The third kappa shape index (κ3) is 4.08. The Kier molecular flexibility index (Phi) is 6.10. The number of aryl methyl sites for hydroxylation is 1. The van der Waals surface area contributed by atoms with Gasteiger partial charge in [-0.05, 0) is 19.9 Å². The number of methoxy groups -OCH3 is 1. The van der Waals surface area contributed by atoms with E-state index in [1.54, 1.807) is 32.0 Å². The summed E-state index contributed by atoms with van der Waals surface area (Å²) in [6.45, 7) is 4.53. The molecule has 2 atom stereocenters. The van der Waals surface area contributed by atoms with Gasteiger partial charge in [-0.15, -0.1) is 11.8 Å². The predicted octanol–water partition coefficient (Wildman–Crippen LogP) is 2.89. The lowest BCUT2D eigenvalue weighted by atomic mass is 10.2. The van der Waals surface area contributed by atoms with E-state index in [1.165, 1.54) is 0 Å². The fraction of sp³-hybridized carbons (Fsp3) is 0.381. The molecule has 1 fully saturated rings. The van der Waals surface area contributed by atoms with Crippen molar-refractivity contribution in [2.45, 2.75) is 31.9 Å². The highest BCUT2D eigenvalue weighted by Crippen LogP contribution is 2.39. The highest BCUT2D eigenvalue weighted by molar-refractivity contribution is 7.99. The summed E-state index contributed by atoms with van der Waals surface area (Å²) in [7, 11) is 1.57. The first-order valence-corrected chi connectivity index (χ1v) is 10.8. The normalized spacial score (nSPS) is 18.5. The molecule has 0 saturated carbocycles. The van der Waals surface area contributed by atoms with E-state index in [2.05, 4.69) is 15.3 Å². The summed E-state index contributed by atoms with van der Waals surface area (Å²) in [4.78, 5) is 20.9. The van der Waals surface area contributed by atoms with E-state index in [0.717, 1.165) is 22.5 Å². The maximum absolute atomic E-state index is 12.1. The number of hydrogen-bond acceptors (Lipinski definition) is 8. The van der Waals surface area contributed by atoms with E-state index in [4.69, 9.17) is 14.2 Å². The number of thioether (sulfide) groups is 1. The minimum absolute atomic E-state index is 0.129. The Hall–Kier alpha value is -2.78. The zero-order chi connectivity index (χ0) is 21.1. The summed E-state index contributed by atoms with van der Waals surface area (Å²) in [5.74, 6) is 1.51. The Balaban J connectivity index is 1.56. The molecule has 30 heavy (non-hydrogen) atoms.